The maximum absolute atomic E-state index is 13.4. The van der Waals surface area contributed by atoms with Crippen LogP contribution in [0.4, 0.5) is 10.1 Å². The maximum Gasteiger partial charge on any atom is 0.243 e. The summed E-state index contributed by atoms with van der Waals surface area (Å²) in [5.41, 5.74) is 1.16. The summed E-state index contributed by atoms with van der Waals surface area (Å²) in [6.45, 7) is -0.440. The predicted octanol–water partition coefficient (Wildman–Crippen LogP) is 4.34. The second-order valence-corrected chi connectivity index (χ2v) is 9.33. The number of anilines is 1. The van der Waals surface area contributed by atoms with Crippen molar-refractivity contribution in [3.63, 3.8) is 0 Å². The average molecular weight is 477 g/mol. The van der Waals surface area contributed by atoms with Crippen LogP contribution in [0.15, 0.2) is 77.7 Å². The topological polar surface area (TPSA) is 66.9 Å². The standard InChI is InChI=1S/C23H22ClFN2O4S/c1-26(19-10-8-18(25)9-11-19)23(28)16-27(15-17-6-4-3-5-7-17)32(29,30)20-12-13-22(31-2)21(24)14-20/h3-14H,15-16H2,1-2H3. The van der Waals surface area contributed by atoms with Crippen molar-refractivity contribution >= 4 is 33.2 Å². The molecule has 3 aromatic rings. The van der Waals surface area contributed by atoms with Gasteiger partial charge in [0.2, 0.25) is 15.9 Å². The van der Waals surface area contributed by atoms with Crippen molar-refractivity contribution in [3.8, 4) is 5.75 Å². The Morgan fingerprint density at radius 2 is 1.69 bits per heavy atom. The minimum absolute atomic E-state index is 0.0180. The van der Waals surface area contributed by atoms with Gasteiger partial charge in [-0.1, -0.05) is 41.9 Å². The molecule has 9 heteroatoms. The van der Waals surface area contributed by atoms with E-state index in [1.54, 1.807) is 24.3 Å². The van der Waals surface area contributed by atoms with E-state index in [9.17, 15) is 17.6 Å². The van der Waals surface area contributed by atoms with Crippen molar-refractivity contribution in [2.24, 2.45) is 0 Å². The number of halogens is 2. The Hall–Kier alpha value is -2.94. The third-order valence-electron chi connectivity index (χ3n) is 4.86. The molecule has 0 unspecified atom stereocenters. The fraction of sp³-hybridized carbons (Fsp3) is 0.174. The van der Waals surface area contributed by atoms with Crippen LogP contribution in [0, 0.1) is 5.82 Å². The number of benzene rings is 3. The van der Waals surface area contributed by atoms with Crippen LogP contribution in [0.5, 0.6) is 5.75 Å². The molecule has 6 nitrogen and oxygen atoms in total. The first-order valence-corrected chi connectivity index (χ1v) is 11.4. The van der Waals surface area contributed by atoms with Crippen LogP contribution < -0.4 is 9.64 Å². The second-order valence-electron chi connectivity index (χ2n) is 6.98. The molecule has 0 saturated carbocycles. The van der Waals surface area contributed by atoms with E-state index < -0.39 is 28.3 Å². The molecule has 0 spiro atoms. The number of hydrogen-bond acceptors (Lipinski definition) is 4. The monoisotopic (exact) mass is 476 g/mol. The van der Waals surface area contributed by atoms with Gasteiger partial charge in [-0.2, -0.15) is 4.31 Å². The lowest BCUT2D eigenvalue weighted by Gasteiger charge is -2.25. The Bertz CT molecular complexity index is 1190. The van der Waals surface area contributed by atoms with Crippen LogP contribution in [0.2, 0.25) is 5.02 Å². The molecule has 0 atom stereocenters. The van der Waals surface area contributed by atoms with E-state index in [2.05, 4.69) is 0 Å². The Morgan fingerprint density at radius 3 is 2.28 bits per heavy atom. The first-order valence-electron chi connectivity index (χ1n) is 9.62. The minimum Gasteiger partial charge on any atom is -0.495 e. The number of hydrogen-bond donors (Lipinski definition) is 0. The Balaban J connectivity index is 1.93. The number of carbonyl (C=O) groups excluding carboxylic acids is 1. The summed E-state index contributed by atoms with van der Waals surface area (Å²) in [5, 5.41) is 0.142. The van der Waals surface area contributed by atoms with Gasteiger partial charge in [-0.15, -0.1) is 0 Å². The van der Waals surface area contributed by atoms with E-state index >= 15 is 0 Å². The Morgan fingerprint density at radius 1 is 1.03 bits per heavy atom. The number of likely N-dealkylation sites (N-methyl/N-ethyl adjacent to an activating group) is 1. The molecule has 1 amide bonds. The zero-order chi connectivity index (χ0) is 23.3. The molecule has 0 aliphatic heterocycles. The highest BCUT2D eigenvalue weighted by Crippen LogP contribution is 2.29. The second kappa shape index (κ2) is 10.1. The van der Waals surface area contributed by atoms with Crippen molar-refractivity contribution in [2.45, 2.75) is 11.4 Å². The summed E-state index contributed by atoms with van der Waals surface area (Å²) in [4.78, 5) is 14.2. The molecule has 3 rings (SSSR count). The third-order valence-corrected chi connectivity index (χ3v) is 6.95. The van der Waals surface area contributed by atoms with Crippen LogP contribution in [-0.2, 0) is 21.4 Å². The third kappa shape index (κ3) is 5.45. The highest BCUT2D eigenvalue weighted by Gasteiger charge is 2.29. The number of carbonyl (C=O) groups is 1. The highest BCUT2D eigenvalue weighted by atomic mass is 35.5. The van der Waals surface area contributed by atoms with Crippen LogP contribution in [0.1, 0.15) is 5.56 Å². The normalized spacial score (nSPS) is 11.4. The molecule has 0 N–H and O–H groups in total. The van der Waals surface area contributed by atoms with Gasteiger partial charge >= 0.3 is 0 Å². The van der Waals surface area contributed by atoms with Crippen LogP contribution >= 0.6 is 11.6 Å². The van der Waals surface area contributed by atoms with Crippen molar-refractivity contribution < 1.29 is 22.3 Å². The lowest BCUT2D eigenvalue weighted by molar-refractivity contribution is -0.118. The molecule has 0 radical (unpaired) electrons. The average Bonchev–Trinajstić information content (AvgIpc) is 2.79. The first-order chi connectivity index (χ1) is 15.2. The van der Waals surface area contributed by atoms with E-state index in [0.717, 1.165) is 4.31 Å². The predicted molar refractivity (Wildman–Crippen MR) is 122 cm³/mol. The number of amides is 1. The quantitative estimate of drug-likeness (QED) is 0.485. The number of methoxy groups -OCH3 is 1. The highest BCUT2D eigenvalue weighted by molar-refractivity contribution is 7.89. The molecule has 168 valence electrons. The smallest absolute Gasteiger partial charge is 0.243 e. The number of rotatable bonds is 8. The van der Waals surface area contributed by atoms with Crippen LogP contribution in [0.3, 0.4) is 0 Å². The Kier molecular flexibility index (Phi) is 7.50. The van der Waals surface area contributed by atoms with Gasteiger partial charge in [0.15, 0.2) is 0 Å². The molecule has 0 aliphatic carbocycles. The van der Waals surface area contributed by atoms with Gasteiger partial charge in [-0.05, 0) is 48.0 Å². The van der Waals surface area contributed by atoms with E-state index in [-0.39, 0.29) is 16.5 Å². The summed E-state index contributed by atoms with van der Waals surface area (Å²) in [5.74, 6) is -0.567. The van der Waals surface area contributed by atoms with Gasteiger partial charge < -0.3 is 9.64 Å². The van der Waals surface area contributed by atoms with E-state index in [1.165, 1.54) is 61.5 Å². The van der Waals surface area contributed by atoms with Gasteiger partial charge in [0.1, 0.15) is 11.6 Å². The molecular weight excluding hydrogens is 455 g/mol. The number of sulfonamides is 1. The number of ether oxygens (including phenoxy) is 1. The zero-order valence-corrected chi connectivity index (χ0v) is 19.1. The largest absolute Gasteiger partial charge is 0.495 e. The van der Waals surface area contributed by atoms with Crippen molar-refractivity contribution in [3.05, 3.63) is 89.2 Å². The van der Waals surface area contributed by atoms with Crippen LogP contribution in [0.25, 0.3) is 0 Å². The van der Waals surface area contributed by atoms with Gasteiger partial charge in [0.05, 0.1) is 23.6 Å². The van der Waals surface area contributed by atoms with E-state index in [0.29, 0.717) is 17.0 Å². The summed E-state index contributed by atoms with van der Waals surface area (Å²) >= 11 is 6.14. The molecule has 0 heterocycles. The van der Waals surface area contributed by atoms with E-state index in [1.807, 2.05) is 6.07 Å². The summed E-state index contributed by atoms with van der Waals surface area (Å²) in [6, 6.07) is 18.4. The van der Waals surface area contributed by atoms with Crippen molar-refractivity contribution in [1.29, 1.82) is 0 Å². The lowest BCUT2D eigenvalue weighted by Crippen LogP contribution is -2.41. The molecule has 0 aliphatic rings. The van der Waals surface area contributed by atoms with E-state index in [4.69, 9.17) is 16.3 Å². The fourth-order valence-electron chi connectivity index (χ4n) is 3.04. The molecule has 0 saturated heterocycles. The lowest BCUT2D eigenvalue weighted by atomic mass is 10.2. The van der Waals surface area contributed by atoms with Gasteiger partial charge in [-0.3, -0.25) is 4.79 Å². The number of nitrogens with zero attached hydrogens (tertiary/aromatic N) is 2. The minimum atomic E-state index is -4.08. The molecule has 0 fully saturated rings. The van der Waals surface area contributed by atoms with Crippen molar-refractivity contribution in [2.75, 3.05) is 25.6 Å². The summed E-state index contributed by atoms with van der Waals surface area (Å²) in [7, 11) is -1.14. The molecule has 32 heavy (non-hydrogen) atoms. The molecule has 0 aromatic heterocycles. The fourth-order valence-corrected chi connectivity index (χ4v) is 4.76. The Labute approximate surface area is 191 Å². The summed E-state index contributed by atoms with van der Waals surface area (Å²) in [6.07, 6.45) is 0. The summed E-state index contributed by atoms with van der Waals surface area (Å²) < 4.78 is 46.3. The van der Waals surface area contributed by atoms with Gasteiger partial charge in [-0.25, -0.2) is 12.8 Å². The molecule has 0 bridgehead atoms. The van der Waals surface area contributed by atoms with Crippen molar-refractivity contribution in [1.82, 2.24) is 4.31 Å². The SMILES string of the molecule is COc1ccc(S(=O)(=O)N(CC(=O)N(C)c2ccc(F)cc2)Cc2ccccc2)cc1Cl. The zero-order valence-electron chi connectivity index (χ0n) is 17.5. The maximum atomic E-state index is 13.4. The molecular formula is C23H22ClFN2O4S. The first kappa shape index (κ1) is 23.7. The van der Waals surface area contributed by atoms with Crippen LogP contribution in [-0.4, -0.2) is 39.3 Å². The van der Waals surface area contributed by atoms with Gasteiger partial charge in [0.25, 0.3) is 0 Å². The van der Waals surface area contributed by atoms with Gasteiger partial charge in [0, 0.05) is 19.3 Å². The molecule has 3 aromatic carbocycles.